The van der Waals surface area contributed by atoms with Gasteiger partial charge in [0, 0.05) is 5.39 Å². The van der Waals surface area contributed by atoms with Crippen molar-refractivity contribution >= 4 is 33.6 Å². The molecular formula is C23H19NO4. The molecule has 1 heterocycles. The topological polar surface area (TPSA) is 68.5 Å². The van der Waals surface area contributed by atoms with Crippen molar-refractivity contribution in [2.45, 2.75) is 13.0 Å². The van der Waals surface area contributed by atoms with Crippen LogP contribution in [0.1, 0.15) is 29.1 Å². The Balaban J connectivity index is 1.35. The lowest BCUT2D eigenvalue weighted by molar-refractivity contribution is -0.125. The third-order valence-corrected chi connectivity index (χ3v) is 4.57. The molecule has 1 amide bonds. The Bertz CT molecular complexity index is 1130. The molecule has 0 aliphatic rings. The Labute approximate surface area is 161 Å². The van der Waals surface area contributed by atoms with Gasteiger partial charge in [-0.05, 0) is 42.0 Å². The molecule has 0 saturated heterocycles. The fourth-order valence-electron chi connectivity index (χ4n) is 3.10. The zero-order valence-corrected chi connectivity index (χ0v) is 15.3. The van der Waals surface area contributed by atoms with Crippen LogP contribution >= 0.6 is 0 Å². The van der Waals surface area contributed by atoms with Crippen LogP contribution in [0, 0.1) is 0 Å². The number of hydrogen-bond donors (Lipinski definition) is 1. The summed E-state index contributed by atoms with van der Waals surface area (Å²) in [6, 6.07) is 22.2. The summed E-state index contributed by atoms with van der Waals surface area (Å²) in [6.07, 6.45) is 0. The van der Waals surface area contributed by atoms with Gasteiger partial charge in [0.15, 0.2) is 6.61 Å². The van der Waals surface area contributed by atoms with Crippen molar-refractivity contribution in [3.63, 3.8) is 0 Å². The minimum atomic E-state index is -0.530. The van der Waals surface area contributed by atoms with Crippen LogP contribution in [-0.4, -0.2) is 18.5 Å². The zero-order valence-electron chi connectivity index (χ0n) is 15.3. The molecule has 0 fully saturated rings. The quantitative estimate of drug-likeness (QED) is 0.518. The van der Waals surface area contributed by atoms with Crippen LogP contribution in [0.2, 0.25) is 0 Å². The van der Waals surface area contributed by atoms with Crippen molar-refractivity contribution in [2.24, 2.45) is 0 Å². The molecule has 0 aliphatic carbocycles. The summed E-state index contributed by atoms with van der Waals surface area (Å²) in [6.45, 7) is 1.47. The second kappa shape index (κ2) is 7.56. The fourth-order valence-corrected chi connectivity index (χ4v) is 3.10. The van der Waals surface area contributed by atoms with E-state index in [0.717, 1.165) is 21.7 Å². The lowest BCUT2D eigenvalue weighted by Crippen LogP contribution is -2.31. The van der Waals surface area contributed by atoms with E-state index >= 15 is 0 Å². The van der Waals surface area contributed by atoms with Crippen molar-refractivity contribution in [3.05, 3.63) is 84.1 Å². The number of carbonyl (C=O) groups excluding carboxylic acids is 2. The van der Waals surface area contributed by atoms with Gasteiger partial charge in [-0.3, -0.25) is 4.79 Å². The summed E-state index contributed by atoms with van der Waals surface area (Å²) in [5, 5.41) is 5.74. The summed E-state index contributed by atoms with van der Waals surface area (Å²) in [4.78, 5) is 24.4. The largest absolute Gasteiger partial charge is 0.459 e. The minimum absolute atomic E-state index is 0.334. The van der Waals surface area contributed by atoms with Gasteiger partial charge in [0.05, 0.1) is 11.6 Å². The Hall–Kier alpha value is -3.60. The number of amides is 1. The van der Waals surface area contributed by atoms with Crippen molar-refractivity contribution in [3.8, 4) is 0 Å². The first-order valence-corrected chi connectivity index (χ1v) is 9.04. The van der Waals surface area contributed by atoms with Gasteiger partial charge in [-0.1, -0.05) is 48.5 Å². The van der Waals surface area contributed by atoms with E-state index in [0.29, 0.717) is 11.3 Å². The van der Waals surface area contributed by atoms with Crippen LogP contribution in [-0.2, 0) is 9.53 Å². The van der Waals surface area contributed by atoms with Crippen LogP contribution in [0.25, 0.3) is 21.7 Å². The monoisotopic (exact) mass is 373 g/mol. The van der Waals surface area contributed by atoms with Gasteiger partial charge >= 0.3 is 5.97 Å². The number of rotatable bonds is 5. The third kappa shape index (κ3) is 3.74. The molecule has 1 aromatic heterocycles. The van der Waals surface area contributed by atoms with E-state index in [1.807, 2.05) is 67.6 Å². The van der Waals surface area contributed by atoms with Gasteiger partial charge in [-0.2, -0.15) is 0 Å². The van der Waals surface area contributed by atoms with Crippen molar-refractivity contribution in [1.29, 1.82) is 0 Å². The number of para-hydroxylation sites is 1. The van der Waals surface area contributed by atoms with Crippen molar-refractivity contribution < 1.29 is 18.7 Å². The molecule has 5 heteroatoms. The molecule has 0 saturated carbocycles. The van der Waals surface area contributed by atoms with Crippen molar-refractivity contribution in [2.75, 3.05) is 6.61 Å². The average molecular weight is 373 g/mol. The van der Waals surface area contributed by atoms with E-state index in [-0.39, 0.29) is 18.6 Å². The van der Waals surface area contributed by atoms with E-state index < -0.39 is 5.97 Å². The SMILES string of the molecule is C[C@@H](NC(=O)COC(=O)c1ccc2ccccc2c1)c1cc2ccccc2o1. The number of nitrogens with one attached hydrogen (secondary N) is 1. The highest BCUT2D eigenvalue weighted by Crippen LogP contribution is 2.23. The summed E-state index contributed by atoms with van der Waals surface area (Å²) in [7, 11) is 0. The predicted molar refractivity (Wildman–Crippen MR) is 107 cm³/mol. The Morgan fingerprint density at radius 2 is 1.64 bits per heavy atom. The van der Waals surface area contributed by atoms with Gasteiger partial charge in [-0.25, -0.2) is 4.79 Å². The molecule has 5 nitrogen and oxygen atoms in total. The normalized spacial score (nSPS) is 12.0. The van der Waals surface area contributed by atoms with Gasteiger partial charge in [0.25, 0.3) is 5.91 Å². The highest BCUT2D eigenvalue weighted by molar-refractivity contribution is 5.96. The van der Waals surface area contributed by atoms with Crippen molar-refractivity contribution in [1.82, 2.24) is 5.32 Å². The van der Waals surface area contributed by atoms with Gasteiger partial charge in [0.1, 0.15) is 11.3 Å². The van der Waals surface area contributed by atoms with E-state index in [4.69, 9.17) is 9.15 Å². The van der Waals surface area contributed by atoms with Crippen LogP contribution in [0.3, 0.4) is 0 Å². The molecule has 0 aliphatic heterocycles. The van der Waals surface area contributed by atoms with Gasteiger partial charge in [0.2, 0.25) is 0 Å². The van der Waals surface area contributed by atoms with E-state index in [9.17, 15) is 9.59 Å². The van der Waals surface area contributed by atoms with E-state index in [1.165, 1.54) is 0 Å². The van der Waals surface area contributed by atoms with Crippen LogP contribution in [0.15, 0.2) is 77.2 Å². The highest BCUT2D eigenvalue weighted by atomic mass is 16.5. The molecular weight excluding hydrogens is 354 g/mol. The molecule has 0 unspecified atom stereocenters. The molecule has 140 valence electrons. The minimum Gasteiger partial charge on any atom is -0.459 e. The smallest absolute Gasteiger partial charge is 0.338 e. The number of esters is 1. The maximum absolute atomic E-state index is 12.2. The standard InChI is InChI=1S/C23H19NO4/c1-15(21-13-18-8-4-5-9-20(18)28-21)24-22(25)14-27-23(26)19-11-10-16-6-2-3-7-17(16)12-19/h2-13,15H,14H2,1H3,(H,24,25)/t15-/m1/s1. The Kier molecular flexibility index (Phi) is 4.81. The molecule has 1 N–H and O–H groups in total. The van der Waals surface area contributed by atoms with Gasteiger partial charge in [-0.15, -0.1) is 0 Å². The zero-order chi connectivity index (χ0) is 19.5. The number of ether oxygens (including phenoxy) is 1. The lowest BCUT2D eigenvalue weighted by atomic mass is 10.1. The van der Waals surface area contributed by atoms with Crippen LogP contribution in [0.4, 0.5) is 0 Å². The van der Waals surface area contributed by atoms with Crippen LogP contribution < -0.4 is 5.32 Å². The molecule has 0 radical (unpaired) electrons. The third-order valence-electron chi connectivity index (χ3n) is 4.57. The maximum atomic E-state index is 12.2. The van der Waals surface area contributed by atoms with Gasteiger partial charge < -0.3 is 14.5 Å². The average Bonchev–Trinajstić information content (AvgIpc) is 3.16. The molecule has 28 heavy (non-hydrogen) atoms. The first kappa shape index (κ1) is 17.8. The maximum Gasteiger partial charge on any atom is 0.338 e. The highest BCUT2D eigenvalue weighted by Gasteiger charge is 2.16. The second-order valence-corrected chi connectivity index (χ2v) is 6.61. The summed E-state index contributed by atoms with van der Waals surface area (Å²) >= 11 is 0. The molecule has 4 rings (SSSR count). The first-order chi connectivity index (χ1) is 13.6. The van der Waals surface area contributed by atoms with E-state index in [2.05, 4.69) is 5.32 Å². The molecule has 3 aromatic carbocycles. The van der Waals surface area contributed by atoms with Crippen LogP contribution in [0.5, 0.6) is 0 Å². The molecule has 0 bridgehead atoms. The molecule has 0 spiro atoms. The summed E-state index contributed by atoms with van der Waals surface area (Å²) in [5.41, 5.74) is 1.18. The number of hydrogen-bond acceptors (Lipinski definition) is 4. The fraction of sp³-hybridized carbons (Fsp3) is 0.130. The Morgan fingerprint density at radius 1 is 0.929 bits per heavy atom. The number of benzene rings is 3. The van der Waals surface area contributed by atoms with E-state index in [1.54, 1.807) is 12.1 Å². The predicted octanol–water partition coefficient (Wildman–Crippen LogP) is 4.62. The number of carbonyl (C=O) groups is 2. The first-order valence-electron chi connectivity index (χ1n) is 9.04. The molecule has 4 aromatic rings. The summed E-state index contributed by atoms with van der Waals surface area (Å²) in [5.74, 6) is -0.269. The number of furan rings is 1. The lowest BCUT2D eigenvalue weighted by Gasteiger charge is -2.11. The molecule has 1 atom stereocenters. The number of fused-ring (bicyclic) bond motifs is 2. The second-order valence-electron chi connectivity index (χ2n) is 6.61. The summed E-state index contributed by atoms with van der Waals surface area (Å²) < 4.78 is 10.9. The Morgan fingerprint density at radius 3 is 2.43 bits per heavy atom.